The minimum absolute atomic E-state index is 0.0301. The third-order valence-electron chi connectivity index (χ3n) is 3.16. The zero-order chi connectivity index (χ0) is 14.8. The van der Waals surface area contributed by atoms with Crippen LogP contribution >= 0.6 is 0 Å². The first-order valence-electron chi connectivity index (χ1n) is 6.20. The van der Waals surface area contributed by atoms with Gasteiger partial charge in [0.25, 0.3) is 0 Å². The molecule has 1 aromatic carbocycles. The van der Waals surface area contributed by atoms with Gasteiger partial charge in [0, 0.05) is 26.2 Å². The molecule has 1 saturated heterocycles. The van der Waals surface area contributed by atoms with E-state index in [0.29, 0.717) is 32.7 Å². The summed E-state index contributed by atoms with van der Waals surface area (Å²) in [4.78, 5) is 1.89. The topological polar surface area (TPSA) is 90.5 Å². The summed E-state index contributed by atoms with van der Waals surface area (Å²) in [6.45, 7) is 1.98. The zero-order valence-electron chi connectivity index (χ0n) is 10.9. The van der Waals surface area contributed by atoms with Crippen molar-refractivity contribution >= 4 is 15.9 Å². The van der Waals surface area contributed by atoms with E-state index in [0.717, 1.165) is 6.07 Å². The summed E-state index contributed by atoms with van der Waals surface area (Å²) >= 11 is 0. The molecule has 0 aromatic heterocycles. The van der Waals surface area contributed by atoms with E-state index in [1.54, 1.807) is 0 Å². The van der Waals surface area contributed by atoms with Crippen LogP contribution in [0.1, 0.15) is 0 Å². The number of benzene rings is 1. The van der Waals surface area contributed by atoms with E-state index in [2.05, 4.69) is 0 Å². The highest BCUT2D eigenvalue weighted by atomic mass is 32.2. The summed E-state index contributed by atoms with van der Waals surface area (Å²) in [6, 6.07) is 5.01. The van der Waals surface area contributed by atoms with E-state index in [9.17, 15) is 12.8 Å². The molecule has 0 unspecified atom stereocenters. The van der Waals surface area contributed by atoms with Gasteiger partial charge in [0.15, 0.2) is 0 Å². The van der Waals surface area contributed by atoms with Gasteiger partial charge in [-0.25, -0.2) is 12.8 Å². The van der Waals surface area contributed by atoms with Crippen LogP contribution in [-0.2, 0) is 10.0 Å². The summed E-state index contributed by atoms with van der Waals surface area (Å²) in [5.74, 6) is -0.507. The number of amidine groups is 1. The Morgan fingerprint density at radius 1 is 1.30 bits per heavy atom. The summed E-state index contributed by atoms with van der Waals surface area (Å²) in [5.41, 5.74) is 5.32. The summed E-state index contributed by atoms with van der Waals surface area (Å²) < 4.78 is 39.2. The smallest absolute Gasteiger partial charge is 0.243 e. The van der Waals surface area contributed by atoms with E-state index >= 15 is 0 Å². The van der Waals surface area contributed by atoms with Crippen LogP contribution in [0, 0.1) is 11.2 Å². The first-order chi connectivity index (χ1) is 9.39. The average molecular weight is 300 g/mol. The maximum Gasteiger partial charge on any atom is 0.243 e. The van der Waals surface area contributed by atoms with Gasteiger partial charge in [0.1, 0.15) is 11.7 Å². The van der Waals surface area contributed by atoms with E-state index < -0.39 is 15.8 Å². The molecule has 1 aliphatic rings. The lowest BCUT2D eigenvalue weighted by atomic mass is 10.3. The van der Waals surface area contributed by atoms with Crippen LogP contribution in [0.3, 0.4) is 0 Å². The van der Waals surface area contributed by atoms with E-state index in [4.69, 9.17) is 11.1 Å². The Morgan fingerprint density at radius 2 is 1.95 bits per heavy atom. The number of halogens is 1. The average Bonchev–Trinajstić information content (AvgIpc) is 2.38. The SMILES string of the molecule is N=C(N)CN1CCN(S(=O)(=O)c2cccc(F)c2)CC1. The number of hydrogen-bond donors (Lipinski definition) is 2. The normalized spacial score (nSPS) is 18.1. The van der Waals surface area contributed by atoms with Crippen LogP contribution in [0.5, 0.6) is 0 Å². The van der Waals surface area contributed by atoms with Gasteiger partial charge in [-0.1, -0.05) is 6.07 Å². The van der Waals surface area contributed by atoms with Crippen molar-refractivity contribution in [3.8, 4) is 0 Å². The van der Waals surface area contributed by atoms with Gasteiger partial charge in [-0.2, -0.15) is 4.31 Å². The molecule has 2 rings (SSSR count). The van der Waals surface area contributed by atoms with Crippen LogP contribution in [-0.4, -0.2) is 56.2 Å². The van der Waals surface area contributed by atoms with E-state index in [1.807, 2.05) is 4.90 Å². The van der Waals surface area contributed by atoms with E-state index in [-0.39, 0.29) is 10.7 Å². The van der Waals surface area contributed by atoms with Gasteiger partial charge >= 0.3 is 0 Å². The molecule has 0 aliphatic carbocycles. The minimum Gasteiger partial charge on any atom is -0.387 e. The third kappa shape index (κ3) is 3.33. The van der Waals surface area contributed by atoms with Gasteiger partial charge < -0.3 is 5.73 Å². The summed E-state index contributed by atoms with van der Waals surface area (Å²) in [6.07, 6.45) is 0. The standard InChI is InChI=1S/C12H17FN4O2S/c13-10-2-1-3-11(8-10)20(18,19)17-6-4-16(5-7-17)9-12(14)15/h1-3,8H,4-7,9H2,(H3,14,15). The highest BCUT2D eigenvalue weighted by Crippen LogP contribution is 2.18. The number of rotatable bonds is 4. The number of nitrogens with one attached hydrogen (secondary N) is 1. The fourth-order valence-corrected chi connectivity index (χ4v) is 3.60. The molecule has 1 heterocycles. The Bertz CT molecular complexity index is 597. The number of piperazine rings is 1. The molecule has 8 heteroatoms. The quantitative estimate of drug-likeness (QED) is 0.608. The van der Waals surface area contributed by atoms with Crippen LogP contribution in [0.2, 0.25) is 0 Å². The maximum absolute atomic E-state index is 13.1. The van der Waals surface area contributed by atoms with Crippen molar-refractivity contribution in [3.05, 3.63) is 30.1 Å². The Kier molecular flexibility index (Phi) is 4.36. The van der Waals surface area contributed by atoms with E-state index in [1.165, 1.54) is 22.5 Å². The molecule has 1 aliphatic heterocycles. The molecule has 20 heavy (non-hydrogen) atoms. The number of sulfonamides is 1. The van der Waals surface area contributed by atoms with Crippen LogP contribution < -0.4 is 5.73 Å². The minimum atomic E-state index is -3.65. The zero-order valence-corrected chi connectivity index (χ0v) is 11.7. The molecule has 1 aromatic rings. The molecule has 0 atom stereocenters. The second-order valence-corrected chi connectivity index (χ2v) is 6.60. The Labute approximate surface area is 117 Å². The molecule has 0 saturated carbocycles. The first-order valence-corrected chi connectivity index (χ1v) is 7.64. The van der Waals surface area contributed by atoms with Gasteiger partial charge in [0.2, 0.25) is 10.0 Å². The van der Waals surface area contributed by atoms with Crippen molar-refractivity contribution in [2.24, 2.45) is 5.73 Å². The Balaban J connectivity index is 2.08. The van der Waals surface area contributed by atoms with Gasteiger partial charge in [-0.15, -0.1) is 0 Å². The molecule has 6 nitrogen and oxygen atoms in total. The molecule has 3 N–H and O–H groups in total. The lowest BCUT2D eigenvalue weighted by Gasteiger charge is -2.33. The van der Waals surface area contributed by atoms with Gasteiger partial charge in [-0.05, 0) is 18.2 Å². The van der Waals surface area contributed by atoms with Crippen LogP contribution in [0.25, 0.3) is 0 Å². The lowest BCUT2D eigenvalue weighted by Crippen LogP contribution is -2.50. The molecular formula is C12H17FN4O2S. The predicted octanol–water partition coefficient (Wildman–Crippen LogP) is 0.0680. The monoisotopic (exact) mass is 300 g/mol. The lowest BCUT2D eigenvalue weighted by molar-refractivity contribution is 0.208. The van der Waals surface area contributed by atoms with Crippen molar-refractivity contribution in [3.63, 3.8) is 0 Å². The molecule has 1 fully saturated rings. The third-order valence-corrected chi connectivity index (χ3v) is 5.05. The van der Waals surface area contributed by atoms with Crippen molar-refractivity contribution in [1.29, 1.82) is 5.41 Å². The number of nitrogens with two attached hydrogens (primary N) is 1. The fourth-order valence-electron chi connectivity index (χ4n) is 2.15. The second kappa shape index (κ2) is 5.86. The number of nitrogens with zero attached hydrogens (tertiary/aromatic N) is 2. The largest absolute Gasteiger partial charge is 0.387 e. The summed E-state index contributed by atoms with van der Waals surface area (Å²) in [7, 11) is -3.65. The Hall–Kier alpha value is -1.51. The number of hydrogen-bond acceptors (Lipinski definition) is 4. The van der Waals surface area contributed by atoms with Gasteiger partial charge in [-0.3, -0.25) is 10.3 Å². The van der Waals surface area contributed by atoms with Crippen molar-refractivity contribution in [2.45, 2.75) is 4.90 Å². The molecular weight excluding hydrogens is 283 g/mol. The first kappa shape index (κ1) is 14.9. The summed E-state index contributed by atoms with van der Waals surface area (Å²) in [5, 5.41) is 7.22. The molecule has 0 spiro atoms. The molecule has 0 bridgehead atoms. The van der Waals surface area contributed by atoms with Crippen molar-refractivity contribution < 1.29 is 12.8 Å². The maximum atomic E-state index is 13.1. The van der Waals surface area contributed by atoms with Crippen LogP contribution in [0.15, 0.2) is 29.2 Å². The highest BCUT2D eigenvalue weighted by molar-refractivity contribution is 7.89. The van der Waals surface area contributed by atoms with Crippen LogP contribution in [0.4, 0.5) is 4.39 Å². The Morgan fingerprint density at radius 3 is 2.50 bits per heavy atom. The highest BCUT2D eigenvalue weighted by Gasteiger charge is 2.28. The fraction of sp³-hybridized carbons (Fsp3) is 0.417. The predicted molar refractivity (Wildman–Crippen MR) is 73.5 cm³/mol. The second-order valence-electron chi connectivity index (χ2n) is 4.66. The van der Waals surface area contributed by atoms with Crippen molar-refractivity contribution in [1.82, 2.24) is 9.21 Å². The molecule has 110 valence electrons. The molecule has 0 amide bonds. The van der Waals surface area contributed by atoms with Gasteiger partial charge in [0.05, 0.1) is 11.4 Å². The van der Waals surface area contributed by atoms with Crippen molar-refractivity contribution in [2.75, 3.05) is 32.7 Å². The molecule has 0 radical (unpaired) electrons.